The highest BCUT2D eigenvalue weighted by Crippen LogP contribution is 2.16. The van der Waals surface area contributed by atoms with Gasteiger partial charge in [-0.1, -0.05) is 0 Å². The van der Waals surface area contributed by atoms with Crippen LogP contribution in [0.4, 0.5) is 0 Å². The van der Waals surface area contributed by atoms with Crippen molar-refractivity contribution in [2.24, 2.45) is 5.73 Å². The molecule has 1 fully saturated rings. The normalized spacial score (nSPS) is 17.4. The molecule has 1 saturated heterocycles. The van der Waals surface area contributed by atoms with Crippen molar-refractivity contribution >= 4 is 11.8 Å². The third kappa shape index (κ3) is 4.10. The zero-order valence-electron chi connectivity index (χ0n) is 13.5. The maximum atomic E-state index is 12.2. The Bertz CT molecular complexity index is 543. The number of furan rings is 1. The fourth-order valence-corrected chi connectivity index (χ4v) is 2.80. The summed E-state index contributed by atoms with van der Waals surface area (Å²) in [5.41, 5.74) is 6.25. The summed E-state index contributed by atoms with van der Waals surface area (Å²) < 4.78 is 5.38. The lowest BCUT2D eigenvalue weighted by Crippen LogP contribution is -2.47. The lowest BCUT2D eigenvalue weighted by Gasteiger charge is -2.32. The molecule has 1 unspecified atom stereocenters. The number of carbonyl (C=O) groups is 2. The molecule has 0 saturated carbocycles. The van der Waals surface area contributed by atoms with Gasteiger partial charge in [-0.3, -0.25) is 9.59 Å². The molecule has 2 heterocycles. The lowest BCUT2D eigenvalue weighted by atomic mass is 10.0. The molecule has 122 valence electrons. The van der Waals surface area contributed by atoms with Gasteiger partial charge in [0.15, 0.2) is 0 Å². The van der Waals surface area contributed by atoms with E-state index in [0.717, 1.165) is 18.6 Å². The number of nitrogens with two attached hydrogens (primary N) is 1. The molecule has 22 heavy (non-hydrogen) atoms. The SMILES string of the molecule is Cc1cc(C(=O)NC2CCN(C(=O)CC(C)N)CC2)c(C)o1. The summed E-state index contributed by atoms with van der Waals surface area (Å²) in [5.74, 6) is 1.37. The van der Waals surface area contributed by atoms with Gasteiger partial charge in [0, 0.05) is 31.6 Å². The van der Waals surface area contributed by atoms with Crippen LogP contribution in [0.2, 0.25) is 0 Å². The van der Waals surface area contributed by atoms with Crippen molar-refractivity contribution in [3.05, 3.63) is 23.2 Å². The van der Waals surface area contributed by atoms with Crippen molar-refractivity contribution in [1.29, 1.82) is 0 Å². The van der Waals surface area contributed by atoms with E-state index in [-0.39, 0.29) is 23.9 Å². The highest BCUT2D eigenvalue weighted by molar-refractivity contribution is 5.95. The summed E-state index contributed by atoms with van der Waals surface area (Å²) in [6.07, 6.45) is 1.92. The van der Waals surface area contributed by atoms with Gasteiger partial charge < -0.3 is 20.4 Å². The minimum absolute atomic E-state index is 0.0982. The Morgan fingerprint density at radius 3 is 2.55 bits per heavy atom. The molecule has 1 aromatic rings. The van der Waals surface area contributed by atoms with Crippen molar-refractivity contribution in [2.45, 2.75) is 52.1 Å². The Morgan fingerprint density at radius 2 is 2.05 bits per heavy atom. The number of amides is 2. The average Bonchev–Trinajstić information content (AvgIpc) is 2.78. The van der Waals surface area contributed by atoms with Gasteiger partial charge >= 0.3 is 0 Å². The zero-order chi connectivity index (χ0) is 16.3. The highest BCUT2D eigenvalue weighted by atomic mass is 16.3. The van der Waals surface area contributed by atoms with Gasteiger partial charge in [-0.2, -0.15) is 0 Å². The molecule has 0 spiro atoms. The van der Waals surface area contributed by atoms with E-state index in [1.165, 1.54) is 0 Å². The van der Waals surface area contributed by atoms with Crippen molar-refractivity contribution in [3.8, 4) is 0 Å². The Balaban J connectivity index is 1.83. The van der Waals surface area contributed by atoms with Crippen LogP contribution in [0.3, 0.4) is 0 Å². The topological polar surface area (TPSA) is 88.6 Å². The second kappa shape index (κ2) is 6.96. The van der Waals surface area contributed by atoms with Crippen LogP contribution in [0, 0.1) is 13.8 Å². The molecule has 0 radical (unpaired) electrons. The second-order valence-electron chi connectivity index (χ2n) is 6.14. The number of carbonyl (C=O) groups excluding carboxylic acids is 2. The number of hydrogen-bond acceptors (Lipinski definition) is 4. The molecule has 6 nitrogen and oxygen atoms in total. The third-order valence-electron chi connectivity index (χ3n) is 3.97. The highest BCUT2D eigenvalue weighted by Gasteiger charge is 2.25. The number of hydrogen-bond donors (Lipinski definition) is 2. The summed E-state index contributed by atoms with van der Waals surface area (Å²) in [6.45, 7) is 6.78. The molecule has 1 aromatic heterocycles. The minimum Gasteiger partial charge on any atom is -0.466 e. The molecule has 6 heteroatoms. The van der Waals surface area contributed by atoms with Gasteiger partial charge in [-0.25, -0.2) is 0 Å². The van der Waals surface area contributed by atoms with Crippen LogP contribution < -0.4 is 11.1 Å². The lowest BCUT2D eigenvalue weighted by molar-refractivity contribution is -0.132. The van der Waals surface area contributed by atoms with E-state index < -0.39 is 0 Å². The molecule has 1 aliphatic heterocycles. The van der Waals surface area contributed by atoms with E-state index in [1.54, 1.807) is 13.0 Å². The molecule has 2 amide bonds. The van der Waals surface area contributed by atoms with Gasteiger partial charge in [0.05, 0.1) is 5.56 Å². The number of piperidine rings is 1. The third-order valence-corrected chi connectivity index (χ3v) is 3.97. The van der Waals surface area contributed by atoms with E-state index in [1.807, 2.05) is 18.7 Å². The van der Waals surface area contributed by atoms with Gasteiger partial charge in [0.1, 0.15) is 11.5 Å². The molecule has 1 atom stereocenters. The van der Waals surface area contributed by atoms with Crippen molar-refractivity contribution in [3.63, 3.8) is 0 Å². The van der Waals surface area contributed by atoms with Gasteiger partial charge in [-0.15, -0.1) is 0 Å². The maximum absolute atomic E-state index is 12.2. The number of nitrogens with one attached hydrogen (secondary N) is 1. The summed E-state index contributed by atoms with van der Waals surface area (Å²) in [5, 5.41) is 3.03. The fraction of sp³-hybridized carbons (Fsp3) is 0.625. The van der Waals surface area contributed by atoms with Crippen LogP contribution in [0.15, 0.2) is 10.5 Å². The van der Waals surface area contributed by atoms with E-state index >= 15 is 0 Å². The monoisotopic (exact) mass is 307 g/mol. The Morgan fingerprint density at radius 1 is 1.41 bits per heavy atom. The first kappa shape index (κ1) is 16.5. The Labute approximate surface area is 131 Å². The smallest absolute Gasteiger partial charge is 0.255 e. The molecular weight excluding hydrogens is 282 g/mol. The molecular formula is C16H25N3O3. The standard InChI is InChI=1S/C16H25N3O3/c1-10(17)8-15(20)19-6-4-13(5-7-19)18-16(21)14-9-11(2)22-12(14)3/h9-10,13H,4-8,17H2,1-3H3,(H,18,21). The number of aryl methyl sites for hydroxylation is 2. The summed E-state index contributed by atoms with van der Waals surface area (Å²) in [6, 6.07) is 1.74. The second-order valence-corrected chi connectivity index (χ2v) is 6.14. The number of nitrogens with zero attached hydrogens (tertiary/aromatic N) is 1. The largest absolute Gasteiger partial charge is 0.466 e. The average molecular weight is 307 g/mol. The predicted molar refractivity (Wildman–Crippen MR) is 83.5 cm³/mol. The summed E-state index contributed by atoms with van der Waals surface area (Å²) in [4.78, 5) is 26.0. The van der Waals surface area contributed by atoms with E-state index in [4.69, 9.17) is 10.2 Å². The Kier molecular flexibility index (Phi) is 5.24. The zero-order valence-corrected chi connectivity index (χ0v) is 13.5. The van der Waals surface area contributed by atoms with Crippen LogP contribution in [0.1, 0.15) is 48.1 Å². The quantitative estimate of drug-likeness (QED) is 0.879. The van der Waals surface area contributed by atoms with Crippen molar-refractivity contribution < 1.29 is 14.0 Å². The summed E-state index contributed by atoms with van der Waals surface area (Å²) >= 11 is 0. The van der Waals surface area contributed by atoms with Gasteiger partial charge in [0.2, 0.25) is 5.91 Å². The van der Waals surface area contributed by atoms with Crippen LogP contribution in [0.5, 0.6) is 0 Å². The number of rotatable bonds is 4. The fourth-order valence-electron chi connectivity index (χ4n) is 2.80. The van der Waals surface area contributed by atoms with Gasteiger partial charge in [-0.05, 0) is 39.7 Å². The van der Waals surface area contributed by atoms with Crippen molar-refractivity contribution in [2.75, 3.05) is 13.1 Å². The number of likely N-dealkylation sites (tertiary alicyclic amines) is 1. The van der Waals surface area contributed by atoms with Crippen LogP contribution in [-0.4, -0.2) is 41.9 Å². The van der Waals surface area contributed by atoms with E-state index in [9.17, 15) is 9.59 Å². The first-order valence-electron chi connectivity index (χ1n) is 7.78. The summed E-state index contributed by atoms with van der Waals surface area (Å²) in [7, 11) is 0. The molecule has 1 aliphatic rings. The molecule has 0 aromatic carbocycles. The Hall–Kier alpha value is -1.82. The molecule has 0 bridgehead atoms. The van der Waals surface area contributed by atoms with Crippen molar-refractivity contribution in [1.82, 2.24) is 10.2 Å². The predicted octanol–water partition coefficient (Wildman–Crippen LogP) is 1.35. The molecule has 0 aliphatic carbocycles. The van der Waals surface area contributed by atoms with Gasteiger partial charge in [0.25, 0.3) is 5.91 Å². The minimum atomic E-state index is -0.114. The van der Waals surface area contributed by atoms with E-state index in [2.05, 4.69) is 5.32 Å². The molecule has 2 rings (SSSR count). The maximum Gasteiger partial charge on any atom is 0.255 e. The first-order chi connectivity index (χ1) is 10.4. The van der Waals surface area contributed by atoms with Crippen LogP contribution >= 0.6 is 0 Å². The van der Waals surface area contributed by atoms with Crippen LogP contribution in [0.25, 0.3) is 0 Å². The first-order valence-corrected chi connectivity index (χ1v) is 7.78. The molecule has 3 N–H and O–H groups in total. The van der Waals surface area contributed by atoms with E-state index in [0.29, 0.717) is 30.8 Å². The van der Waals surface area contributed by atoms with Crippen LogP contribution in [-0.2, 0) is 4.79 Å².